The average Bonchev–Trinajstić information content (AvgIpc) is 3.56. The van der Waals surface area contributed by atoms with E-state index < -0.39 is 6.04 Å². The zero-order chi connectivity index (χ0) is 22.1. The fourth-order valence-electron chi connectivity index (χ4n) is 4.28. The first-order valence-electron chi connectivity index (χ1n) is 10.9. The van der Waals surface area contributed by atoms with Crippen molar-refractivity contribution < 1.29 is 9.59 Å². The lowest BCUT2D eigenvalue weighted by Crippen LogP contribution is -2.52. The van der Waals surface area contributed by atoms with Gasteiger partial charge in [-0.1, -0.05) is 48.0 Å². The summed E-state index contributed by atoms with van der Waals surface area (Å²) >= 11 is 6.29. The number of hydrogen-bond acceptors (Lipinski definition) is 4. The van der Waals surface area contributed by atoms with Crippen molar-refractivity contribution in [3.8, 4) is 0 Å². The molecule has 1 unspecified atom stereocenters. The minimum atomic E-state index is -0.602. The van der Waals surface area contributed by atoms with Crippen LogP contribution in [0, 0.1) is 0 Å². The molecule has 1 N–H and O–H groups in total. The number of carbonyl (C=O) groups excluding carboxylic acids is 2. The van der Waals surface area contributed by atoms with Crippen LogP contribution in [0.25, 0.3) is 0 Å². The highest BCUT2D eigenvalue weighted by Gasteiger charge is 2.35. The summed E-state index contributed by atoms with van der Waals surface area (Å²) in [5.41, 5.74) is 2.54. The summed E-state index contributed by atoms with van der Waals surface area (Å²) in [5, 5.41) is 11.6. The first-order chi connectivity index (χ1) is 15.6. The fourth-order valence-corrected chi connectivity index (χ4v) is 4.50. The molecule has 1 saturated carbocycles. The normalized spacial score (nSPS) is 17.7. The quantitative estimate of drug-likeness (QED) is 0.626. The molecule has 2 amide bonds. The van der Waals surface area contributed by atoms with E-state index >= 15 is 0 Å². The number of aromatic nitrogens is 3. The molecule has 0 spiro atoms. The second kappa shape index (κ2) is 8.74. The summed E-state index contributed by atoms with van der Waals surface area (Å²) in [6.45, 7) is 0.810. The lowest BCUT2D eigenvalue weighted by atomic mass is 9.92. The van der Waals surface area contributed by atoms with E-state index in [4.69, 9.17) is 11.6 Å². The van der Waals surface area contributed by atoms with E-state index in [1.807, 2.05) is 24.3 Å². The van der Waals surface area contributed by atoms with Crippen LogP contribution in [-0.4, -0.2) is 44.1 Å². The molecule has 5 rings (SSSR count). The van der Waals surface area contributed by atoms with Crippen molar-refractivity contribution in [2.75, 3.05) is 6.54 Å². The number of carbonyl (C=O) groups is 2. The number of amides is 2. The molecule has 2 heterocycles. The largest absolute Gasteiger partial charge is 0.354 e. The van der Waals surface area contributed by atoms with Crippen LogP contribution in [0.2, 0.25) is 5.02 Å². The van der Waals surface area contributed by atoms with Crippen LogP contribution in [0.4, 0.5) is 0 Å². The molecule has 1 aromatic heterocycles. The molecule has 0 saturated heterocycles. The van der Waals surface area contributed by atoms with E-state index in [2.05, 4.69) is 20.1 Å². The standard InChI is InChI=1S/C24H24ClN5O2/c25-20-8-4-3-7-19(20)24(32)29-14-17-6-2-1-5-16(17)13-21(29)23(31)26-12-11-22-28-27-15-30(22)18-9-10-18/h1-8,15,18,21H,9-14H2,(H,26,31). The molecular weight excluding hydrogens is 426 g/mol. The molecule has 2 aliphatic rings. The van der Waals surface area contributed by atoms with Gasteiger partial charge in [0.25, 0.3) is 5.91 Å². The molecule has 2 aromatic carbocycles. The van der Waals surface area contributed by atoms with Gasteiger partial charge in [0.05, 0.1) is 10.6 Å². The number of fused-ring (bicyclic) bond motifs is 1. The fraction of sp³-hybridized carbons (Fsp3) is 0.333. The molecule has 1 atom stereocenters. The Morgan fingerprint density at radius 3 is 2.59 bits per heavy atom. The highest BCUT2D eigenvalue weighted by atomic mass is 35.5. The van der Waals surface area contributed by atoms with Crippen LogP contribution >= 0.6 is 11.6 Å². The number of hydrogen-bond donors (Lipinski definition) is 1. The first-order valence-corrected chi connectivity index (χ1v) is 11.3. The van der Waals surface area contributed by atoms with Crippen molar-refractivity contribution in [1.82, 2.24) is 25.0 Å². The second-order valence-corrected chi connectivity index (χ2v) is 8.74. The van der Waals surface area contributed by atoms with Gasteiger partial charge < -0.3 is 14.8 Å². The predicted octanol–water partition coefficient (Wildman–Crippen LogP) is 3.19. The van der Waals surface area contributed by atoms with Crippen LogP contribution in [0.3, 0.4) is 0 Å². The number of nitrogens with zero attached hydrogens (tertiary/aromatic N) is 4. The second-order valence-electron chi connectivity index (χ2n) is 8.33. The Bertz CT molecular complexity index is 1160. The van der Waals surface area contributed by atoms with Crippen LogP contribution in [0.15, 0.2) is 54.9 Å². The van der Waals surface area contributed by atoms with Gasteiger partial charge in [-0.05, 0) is 36.1 Å². The number of benzene rings is 2. The van der Waals surface area contributed by atoms with E-state index in [-0.39, 0.29) is 11.8 Å². The van der Waals surface area contributed by atoms with Crippen LogP contribution in [0.5, 0.6) is 0 Å². The maximum absolute atomic E-state index is 13.4. The topological polar surface area (TPSA) is 80.1 Å². The van der Waals surface area contributed by atoms with Gasteiger partial charge in [0.15, 0.2) is 0 Å². The minimum absolute atomic E-state index is 0.169. The van der Waals surface area contributed by atoms with Gasteiger partial charge in [0, 0.05) is 32.0 Å². The molecule has 1 fully saturated rings. The molecule has 0 bridgehead atoms. The molecular formula is C24H24ClN5O2. The molecule has 1 aliphatic carbocycles. The third-order valence-electron chi connectivity index (χ3n) is 6.15. The summed E-state index contributed by atoms with van der Waals surface area (Å²) < 4.78 is 2.09. The van der Waals surface area contributed by atoms with Crippen LogP contribution in [-0.2, 0) is 24.2 Å². The molecule has 164 valence electrons. The van der Waals surface area contributed by atoms with Crippen molar-refractivity contribution in [2.24, 2.45) is 0 Å². The Morgan fingerprint density at radius 1 is 1.06 bits per heavy atom. The Kier molecular flexibility index (Phi) is 5.66. The predicted molar refractivity (Wildman–Crippen MR) is 120 cm³/mol. The summed E-state index contributed by atoms with van der Waals surface area (Å²) in [4.78, 5) is 28.2. The van der Waals surface area contributed by atoms with Gasteiger partial charge in [-0.2, -0.15) is 0 Å². The average molecular weight is 450 g/mol. The summed E-state index contributed by atoms with van der Waals surface area (Å²) in [5.74, 6) is 0.474. The molecule has 32 heavy (non-hydrogen) atoms. The van der Waals surface area contributed by atoms with Crippen molar-refractivity contribution in [3.05, 3.63) is 82.4 Å². The maximum Gasteiger partial charge on any atom is 0.256 e. The lowest BCUT2D eigenvalue weighted by molar-refractivity contribution is -0.126. The lowest BCUT2D eigenvalue weighted by Gasteiger charge is -2.36. The van der Waals surface area contributed by atoms with Gasteiger partial charge in [0.2, 0.25) is 5.91 Å². The third kappa shape index (κ3) is 4.12. The number of halogens is 1. The SMILES string of the molecule is O=C(NCCc1nncn1C1CC1)C1Cc2ccccc2CN1C(=O)c1ccccc1Cl. The Hall–Kier alpha value is -3.19. The van der Waals surface area contributed by atoms with E-state index in [1.165, 1.54) is 0 Å². The first kappa shape index (κ1) is 20.7. The van der Waals surface area contributed by atoms with Gasteiger partial charge in [-0.25, -0.2) is 0 Å². The van der Waals surface area contributed by atoms with E-state index in [9.17, 15) is 9.59 Å². The van der Waals surface area contributed by atoms with E-state index in [0.29, 0.717) is 42.6 Å². The van der Waals surface area contributed by atoms with Crippen molar-refractivity contribution in [2.45, 2.75) is 44.3 Å². The van der Waals surface area contributed by atoms with E-state index in [0.717, 1.165) is 29.8 Å². The van der Waals surface area contributed by atoms with Crippen LogP contribution < -0.4 is 5.32 Å². The van der Waals surface area contributed by atoms with Gasteiger partial charge in [-0.3, -0.25) is 9.59 Å². The third-order valence-corrected chi connectivity index (χ3v) is 6.48. The van der Waals surface area contributed by atoms with Crippen molar-refractivity contribution >= 4 is 23.4 Å². The zero-order valence-electron chi connectivity index (χ0n) is 17.6. The minimum Gasteiger partial charge on any atom is -0.354 e. The number of rotatable bonds is 6. The summed E-state index contributed by atoms with van der Waals surface area (Å²) in [6, 6.07) is 14.8. The number of nitrogens with one attached hydrogen (secondary N) is 1. The van der Waals surface area contributed by atoms with Crippen molar-refractivity contribution in [3.63, 3.8) is 0 Å². The zero-order valence-corrected chi connectivity index (χ0v) is 18.3. The Morgan fingerprint density at radius 2 is 1.81 bits per heavy atom. The van der Waals surface area contributed by atoms with Gasteiger partial charge in [0.1, 0.15) is 18.2 Å². The van der Waals surface area contributed by atoms with Crippen molar-refractivity contribution in [1.29, 1.82) is 0 Å². The highest BCUT2D eigenvalue weighted by molar-refractivity contribution is 6.33. The monoisotopic (exact) mass is 449 g/mol. The van der Waals surface area contributed by atoms with Gasteiger partial charge in [-0.15, -0.1) is 10.2 Å². The molecule has 1 aliphatic heterocycles. The van der Waals surface area contributed by atoms with Gasteiger partial charge >= 0.3 is 0 Å². The van der Waals surface area contributed by atoms with E-state index in [1.54, 1.807) is 35.5 Å². The van der Waals surface area contributed by atoms with Crippen LogP contribution in [0.1, 0.15) is 46.2 Å². The Balaban J connectivity index is 1.33. The molecule has 7 nitrogen and oxygen atoms in total. The molecule has 0 radical (unpaired) electrons. The molecule has 8 heteroatoms. The summed E-state index contributed by atoms with van der Waals surface area (Å²) in [6.07, 6.45) is 5.13. The molecule has 3 aromatic rings. The highest BCUT2D eigenvalue weighted by Crippen LogP contribution is 2.35. The smallest absolute Gasteiger partial charge is 0.256 e. The maximum atomic E-state index is 13.4. The Labute approximate surface area is 191 Å². The summed E-state index contributed by atoms with van der Waals surface area (Å²) in [7, 11) is 0.